The number of primary amides is 1. The summed E-state index contributed by atoms with van der Waals surface area (Å²) in [5.41, 5.74) is 7.46. The van der Waals surface area contributed by atoms with Gasteiger partial charge in [0.15, 0.2) is 0 Å². The lowest BCUT2D eigenvalue weighted by molar-refractivity contribution is -0.120. The molecule has 0 aliphatic rings. The fourth-order valence-corrected chi connectivity index (χ4v) is 2.71. The Kier molecular flexibility index (Phi) is 6.68. The van der Waals surface area contributed by atoms with Crippen molar-refractivity contribution in [3.05, 3.63) is 52.2 Å². The number of thiophene rings is 1. The number of carbonyl (C=O) groups excluding carboxylic acids is 1. The van der Waals surface area contributed by atoms with Crippen LogP contribution in [0.3, 0.4) is 0 Å². The maximum Gasteiger partial charge on any atom is 0.239 e. The van der Waals surface area contributed by atoms with Crippen molar-refractivity contribution in [2.45, 2.75) is 19.0 Å². The summed E-state index contributed by atoms with van der Waals surface area (Å²) in [7, 11) is 1.64. The van der Waals surface area contributed by atoms with E-state index in [0.29, 0.717) is 0 Å². The van der Waals surface area contributed by atoms with Gasteiger partial charge in [0.05, 0.1) is 7.11 Å². The highest BCUT2D eigenvalue weighted by atomic mass is 35.5. The molecule has 0 bridgehead atoms. The number of halogens is 1. The molecule has 3 N–H and O–H groups in total. The van der Waals surface area contributed by atoms with Crippen molar-refractivity contribution < 1.29 is 9.53 Å². The molecule has 1 unspecified atom stereocenters. The van der Waals surface area contributed by atoms with Crippen LogP contribution in [0.5, 0.6) is 5.75 Å². The second-order valence-electron chi connectivity index (χ2n) is 4.55. The van der Waals surface area contributed by atoms with Crippen LogP contribution in [0, 0.1) is 0 Å². The largest absolute Gasteiger partial charge is 0.497 e. The van der Waals surface area contributed by atoms with Gasteiger partial charge in [0.1, 0.15) is 11.8 Å². The smallest absolute Gasteiger partial charge is 0.239 e. The number of ether oxygens (including phenoxy) is 1. The summed E-state index contributed by atoms with van der Waals surface area (Å²) in [6.45, 7) is 2.00. The van der Waals surface area contributed by atoms with Crippen molar-refractivity contribution in [1.82, 2.24) is 5.32 Å². The lowest BCUT2D eigenvalue weighted by atomic mass is 10.0. The van der Waals surface area contributed by atoms with E-state index in [4.69, 9.17) is 10.5 Å². The molecule has 0 fully saturated rings. The van der Waals surface area contributed by atoms with Crippen molar-refractivity contribution in [2.75, 3.05) is 7.11 Å². The van der Waals surface area contributed by atoms with Crippen LogP contribution in [0.4, 0.5) is 0 Å². The molecule has 2 aromatic rings. The highest BCUT2D eigenvalue weighted by Gasteiger charge is 2.20. The molecule has 1 heterocycles. The Morgan fingerprint density at radius 2 is 1.90 bits per heavy atom. The first-order chi connectivity index (χ1) is 9.61. The number of benzene rings is 1. The third-order valence-electron chi connectivity index (χ3n) is 3.19. The average molecular weight is 327 g/mol. The van der Waals surface area contributed by atoms with E-state index in [2.05, 4.69) is 5.32 Å². The Bertz CT molecular complexity index is 558. The van der Waals surface area contributed by atoms with E-state index in [1.807, 2.05) is 48.0 Å². The minimum Gasteiger partial charge on any atom is -0.497 e. The third-order valence-corrected chi connectivity index (χ3v) is 3.89. The number of hydrogen-bond donors (Lipinski definition) is 2. The van der Waals surface area contributed by atoms with Gasteiger partial charge in [-0.3, -0.25) is 10.1 Å². The predicted octanol–water partition coefficient (Wildman–Crippen LogP) is 3.06. The molecule has 2 rings (SSSR count). The molecule has 0 spiro atoms. The minimum absolute atomic E-state index is 0. The first-order valence-electron chi connectivity index (χ1n) is 6.33. The van der Waals surface area contributed by atoms with E-state index in [1.54, 1.807) is 18.4 Å². The van der Waals surface area contributed by atoms with E-state index in [9.17, 15) is 4.79 Å². The molecule has 21 heavy (non-hydrogen) atoms. The van der Waals surface area contributed by atoms with Gasteiger partial charge in [0, 0.05) is 6.04 Å². The SMILES string of the molecule is COc1ccc([C@@H](C)NC(C(N)=O)c2ccsc2)cc1.Cl. The Morgan fingerprint density at radius 1 is 1.24 bits per heavy atom. The van der Waals surface area contributed by atoms with Gasteiger partial charge in [-0.05, 0) is 47.0 Å². The number of hydrogen-bond acceptors (Lipinski definition) is 4. The minimum atomic E-state index is -0.474. The molecule has 0 aliphatic carbocycles. The maximum atomic E-state index is 11.6. The molecule has 0 saturated heterocycles. The zero-order chi connectivity index (χ0) is 14.5. The normalized spacial score (nSPS) is 13.0. The first-order valence-corrected chi connectivity index (χ1v) is 7.27. The second-order valence-corrected chi connectivity index (χ2v) is 5.33. The van der Waals surface area contributed by atoms with Crippen LogP contribution < -0.4 is 15.8 Å². The van der Waals surface area contributed by atoms with Crippen LogP contribution in [0.1, 0.15) is 30.1 Å². The molecule has 4 nitrogen and oxygen atoms in total. The fraction of sp³-hybridized carbons (Fsp3) is 0.267. The molecular formula is C15H19ClN2O2S. The van der Waals surface area contributed by atoms with E-state index in [-0.39, 0.29) is 24.4 Å². The van der Waals surface area contributed by atoms with Gasteiger partial charge in [0.2, 0.25) is 5.91 Å². The fourth-order valence-electron chi connectivity index (χ4n) is 2.02. The summed E-state index contributed by atoms with van der Waals surface area (Å²) < 4.78 is 5.13. The van der Waals surface area contributed by atoms with Crippen molar-refractivity contribution in [2.24, 2.45) is 5.73 Å². The predicted molar refractivity (Wildman–Crippen MR) is 88.0 cm³/mol. The Labute approximate surface area is 134 Å². The van der Waals surface area contributed by atoms with E-state index in [0.717, 1.165) is 16.9 Å². The molecule has 6 heteroatoms. The third kappa shape index (κ3) is 4.46. The van der Waals surface area contributed by atoms with Crippen molar-refractivity contribution in [1.29, 1.82) is 0 Å². The standard InChI is InChI=1S/C15H18N2O2S.ClH/c1-10(11-3-5-13(19-2)6-4-11)17-14(15(16)18)12-7-8-20-9-12;/h3-10,14,17H,1-2H3,(H2,16,18);1H/t10-,14?;/m1./s1. The molecule has 1 amide bonds. The van der Waals surface area contributed by atoms with E-state index in [1.165, 1.54) is 0 Å². The molecule has 0 aliphatic heterocycles. The summed E-state index contributed by atoms with van der Waals surface area (Å²) in [6.07, 6.45) is 0. The number of amides is 1. The summed E-state index contributed by atoms with van der Waals surface area (Å²) in [4.78, 5) is 11.6. The molecule has 0 radical (unpaired) electrons. The van der Waals surface area contributed by atoms with Gasteiger partial charge >= 0.3 is 0 Å². The summed E-state index contributed by atoms with van der Waals surface area (Å²) >= 11 is 1.55. The van der Waals surface area contributed by atoms with Crippen molar-refractivity contribution in [3.63, 3.8) is 0 Å². The van der Waals surface area contributed by atoms with Crippen LogP contribution in [0.2, 0.25) is 0 Å². The lowest BCUT2D eigenvalue weighted by Crippen LogP contribution is -2.34. The molecule has 1 aromatic heterocycles. The van der Waals surface area contributed by atoms with E-state index < -0.39 is 6.04 Å². The zero-order valence-electron chi connectivity index (χ0n) is 11.9. The molecule has 0 saturated carbocycles. The van der Waals surface area contributed by atoms with E-state index >= 15 is 0 Å². The Balaban J connectivity index is 0.00000220. The average Bonchev–Trinajstić information content (AvgIpc) is 2.98. The quantitative estimate of drug-likeness (QED) is 0.857. The Morgan fingerprint density at radius 3 is 2.38 bits per heavy atom. The summed E-state index contributed by atoms with van der Waals surface area (Å²) in [5, 5.41) is 7.13. The molecule has 1 aromatic carbocycles. The Hall–Kier alpha value is -1.56. The second kappa shape index (κ2) is 8.02. The number of carbonyl (C=O) groups is 1. The van der Waals surface area contributed by atoms with Crippen LogP contribution >= 0.6 is 23.7 Å². The summed E-state index contributed by atoms with van der Waals surface area (Å²) in [6, 6.07) is 9.20. The van der Waals surface area contributed by atoms with Crippen LogP contribution in [0.15, 0.2) is 41.1 Å². The number of nitrogens with two attached hydrogens (primary N) is 1. The van der Waals surface area contributed by atoms with Crippen LogP contribution in [0.25, 0.3) is 0 Å². The number of nitrogens with one attached hydrogen (secondary N) is 1. The first kappa shape index (κ1) is 17.5. The topological polar surface area (TPSA) is 64.3 Å². The van der Waals surface area contributed by atoms with Crippen LogP contribution in [-0.4, -0.2) is 13.0 Å². The van der Waals surface area contributed by atoms with Gasteiger partial charge in [-0.2, -0.15) is 11.3 Å². The monoisotopic (exact) mass is 326 g/mol. The lowest BCUT2D eigenvalue weighted by Gasteiger charge is -2.21. The van der Waals surface area contributed by atoms with Gasteiger partial charge in [-0.1, -0.05) is 12.1 Å². The van der Waals surface area contributed by atoms with Gasteiger partial charge in [0.25, 0.3) is 0 Å². The van der Waals surface area contributed by atoms with Crippen LogP contribution in [-0.2, 0) is 4.79 Å². The molecule has 2 atom stereocenters. The summed E-state index contributed by atoms with van der Waals surface area (Å²) in [5.74, 6) is 0.439. The number of methoxy groups -OCH3 is 1. The zero-order valence-corrected chi connectivity index (χ0v) is 13.5. The van der Waals surface area contributed by atoms with Crippen molar-refractivity contribution in [3.8, 4) is 5.75 Å². The highest BCUT2D eigenvalue weighted by molar-refractivity contribution is 7.08. The van der Waals surface area contributed by atoms with Gasteiger partial charge in [-0.25, -0.2) is 0 Å². The molecule has 114 valence electrons. The van der Waals surface area contributed by atoms with Gasteiger partial charge in [-0.15, -0.1) is 12.4 Å². The maximum absolute atomic E-state index is 11.6. The highest BCUT2D eigenvalue weighted by Crippen LogP contribution is 2.22. The number of rotatable bonds is 6. The molecular weight excluding hydrogens is 308 g/mol. The van der Waals surface area contributed by atoms with Gasteiger partial charge < -0.3 is 10.5 Å². The van der Waals surface area contributed by atoms with Crippen molar-refractivity contribution >= 4 is 29.7 Å².